The predicted molar refractivity (Wildman–Crippen MR) is 84.8 cm³/mol. The first kappa shape index (κ1) is 15.4. The summed E-state index contributed by atoms with van der Waals surface area (Å²) in [6, 6.07) is 12.6. The molecule has 4 heteroatoms. The standard InChI is InChI=1S/C16H17ClFNS/c1-11(19)8-13-9-14(18)6-7-16(13)20-10-12-4-2-3-5-15(12)17/h2-7,9,11H,8,10,19H2,1H3. The van der Waals surface area contributed by atoms with Gasteiger partial charge in [-0.25, -0.2) is 4.39 Å². The summed E-state index contributed by atoms with van der Waals surface area (Å²) in [6.07, 6.45) is 0.669. The molecule has 1 atom stereocenters. The summed E-state index contributed by atoms with van der Waals surface area (Å²) < 4.78 is 13.4. The van der Waals surface area contributed by atoms with Crippen molar-refractivity contribution >= 4 is 23.4 Å². The van der Waals surface area contributed by atoms with Crippen LogP contribution in [-0.4, -0.2) is 6.04 Å². The summed E-state index contributed by atoms with van der Waals surface area (Å²) in [5.41, 5.74) is 7.86. The molecule has 0 heterocycles. The lowest BCUT2D eigenvalue weighted by atomic mass is 10.1. The van der Waals surface area contributed by atoms with Gasteiger partial charge in [0.2, 0.25) is 0 Å². The second-order valence-electron chi connectivity index (χ2n) is 4.81. The van der Waals surface area contributed by atoms with E-state index in [4.69, 9.17) is 17.3 Å². The van der Waals surface area contributed by atoms with Crippen molar-refractivity contribution in [3.63, 3.8) is 0 Å². The molecule has 0 spiro atoms. The number of benzene rings is 2. The van der Waals surface area contributed by atoms with E-state index in [1.807, 2.05) is 37.3 Å². The van der Waals surface area contributed by atoms with E-state index in [2.05, 4.69) is 0 Å². The molecule has 1 nitrogen and oxygen atoms in total. The third-order valence-corrected chi connectivity index (χ3v) is 4.44. The molecule has 20 heavy (non-hydrogen) atoms. The molecule has 2 aromatic rings. The van der Waals surface area contributed by atoms with Gasteiger partial charge in [-0.15, -0.1) is 11.8 Å². The average Bonchev–Trinajstić information content (AvgIpc) is 2.39. The molecule has 0 aliphatic rings. The molecule has 1 unspecified atom stereocenters. The maximum absolute atomic E-state index is 13.4. The Kier molecular flexibility index (Phi) is 5.46. The molecule has 0 aliphatic carbocycles. The fourth-order valence-electron chi connectivity index (χ4n) is 1.97. The maximum Gasteiger partial charge on any atom is 0.123 e. The number of hydrogen-bond acceptors (Lipinski definition) is 2. The number of rotatable bonds is 5. The van der Waals surface area contributed by atoms with E-state index in [1.165, 1.54) is 6.07 Å². The lowest BCUT2D eigenvalue weighted by Crippen LogP contribution is -2.18. The lowest BCUT2D eigenvalue weighted by Gasteiger charge is -2.12. The van der Waals surface area contributed by atoms with Crippen LogP contribution in [-0.2, 0) is 12.2 Å². The summed E-state index contributed by atoms with van der Waals surface area (Å²) in [5, 5.41) is 0.760. The van der Waals surface area contributed by atoms with Gasteiger partial charge in [0, 0.05) is 21.7 Å². The van der Waals surface area contributed by atoms with E-state index in [0.717, 1.165) is 26.8 Å². The van der Waals surface area contributed by atoms with E-state index in [0.29, 0.717) is 6.42 Å². The number of thioether (sulfide) groups is 1. The number of hydrogen-bond donors (Lipinski definition) is 1. The highest BCUT2D eigenvalue weighted by atomic mass is 35.5. The summed E-state index contributed by atoms with van der Waals surface area (Å²) in [6.45, 7) is 1.92. The quantitative estimate of drug-likeness (QED) is 0.813. The van der Waals surface area contributed by atoms with E-state index >= 15 is 0 Å². The zero-order chi connectivity index (χ0) is 14.5. The molecule has 0 radical (unpaired) electrons. The van der Waals surface area contributed by atoms with E-state index in [1.54, 1.807) is 17.8 Å². The topological polar surface area (TPSA) is 26.0 Å². The highest BCUT2D eigenvalue weighted by molar-refractivity contribution is 7.98. The predicted octanol–water partition coefficient (Wildman–Crippen LogP) is 4.66. The van der Waals surface area contributed by atoms with Crippen molar-refractivity contribution < 1.29 is 4.39 Å². The van der Waals surface area contributed by atoms with Gasteiger partial charge in [0.1, 0.15) is 5.82 Å². The third-order valence-electron chi connectivity index (χ3n) is 2.91. The summed E-state index contributed by atoms with van der Waals surface area (Å²) in [4.78, 5) is 1.06. The van der Waals surface area contributed by atoms with Crippen molar-refractivity contribution in [2.75, 3.05) is 0 Å². The van der Waals surface area contributed by atoms with Gasteiger partial charge in [0.25, 0.3) is 0 Å². The smallest absolute Gasteiger partial charge is 0.123 e. The monoisotopic (exact) mass is 309 g/mol. The molecule has 2 rings (SSSR count). The van der Waals surface area contributed by atoms with Crippen LogP contribution in [0.4, 0.5) is 4.39 Å². The minimum atomic E-state index is -0.220. The van der Waals surface area contributed by atoms with Gasteiger partial charge in [-0.05, 0) is 48.7 Å². The van der Waals surface area contributed by atoms with Gasteiger partial charge >= 0.3 is 0 Å². The molecule has 2 aromatic carbocycles. The molecule has 0 amide bonds. The van der Waals surface area contributed by atoms with Crippen molar-refractivity contribution in [3.05, 3.63) is 64.4 Å². The summed E-state index contributed by atoms with van der Waals surface area (Å²) >= 11 is 7.80. The zero-order valence-electron chi connectivity index (χ0n) is 11.3. The summed E-state index contributed by atoms with van der Waals surface area (Å²) in [7, 11) is 0. The molecule has 0 aliphatic heterocycles. The largest absolute Gasteiger partial charge is 0.328 e. The Bertz CT molecular complexity index is 586. The van der Waals surface area contributed by atoms with Crippen LogP contribution in [0.3, 0.4) is 0 Å². The Balaban J connectivity index is 2.15. The van der Waals surface area contributed by atoms with Gasteiger partial charge in [0.15, 0.2) is 0 Å². The molecule has 0 saturated carbocycles. The first-order chi connectivity index (χ1) is 9.56. The number of halogens is 2. The maximum atomic E-state index is 13.4. The highest BCUT2D eigenvalue weighted by Gasteiger charge is 2.08. The van der Waals surface area contributed by atoms with Crippen LogP contribution >= 0.6 is 23.4 Å². The van der Waals surface area contributed by atoms with E-state index in [9.17, 15) is 4.39 Å². The van der Waals surface area contributed by atoms with Gasteiger partial charge < -0.3 is 5.73 Å². The van der Waals surface area contributed by atoms with Gasteiger partial charge in [-0.2, -0.15) is 0 Å². The van der Waals surface area contributed by atoms with Crippen molar-refractivity contribution in [1.29, 1.82) is 0 Å². The lowest BCUT2D eigenvalue weighted by molar-refractivity contribution is 0.620. The normalized spacial score (nSPS) is 12.4. The first-order valence-electron chi connectivity index (χ1n) is 6.46. The second-order valence-corrected chi connectivity index (χ2v) is 6.24. The Labute approximate surface area is 128 Å². The molecule has 0 bridgehead atoms. The molecule has 106 valence electrons. The number of nitrogens with two attached hydrogens (primary N) is 1. The average molecular weight is 310 g/mol. The second kappa shape index (κ2) is 7.11. The van der Waals surface area contributed by atoms with Crippen LogP contribution in [0.2, 0.25) is 5.02 Å². The molecule has 0 fully saturated rings. The van der Waals surface area contributed by atoms with E-state index in [-0.39, 0.29) is 11.9 Å². The highest BCUT2D eigenvalue weighted by Crippen LogP contribution is 2.30. The van der Waals surface area contributed by atoms with Crippen LogP contribution in [0.15, 0.2) is 47.4 Å². The van der Waals surface area contributed by atoms with Crippen LogP contribution in [0.1, 0.15) is 18.1 Å². The Morgan fingerprint density at radius 3 is 2.65 bits per heavy atom. The Morgan fingerprint density at radius 2 is 1.95 bits per heavy atom. The van der Waals surface area contributed by atoms with E-state index < -0.39 is 0 Å². The molecular formula is C16H17ClFNS. The Morgan fingerprint density at radius 1 is 1.20 bits per heavy atom. The van der Waals surface area contributed by atoms with Crippen molar-refractivity contribution in [2.45, 2.75) is 30.0 Å². The molecule has 0 saturated heterocycles. The van der Waals surface area contributed by atoms with Crippen molar-refractivity contribution in [3.8, 4) is 0 Å². The van der Waals surface area contributed by atoms with Gasteiger partial charge in [0.05, 0.1) is 0 Å². The molecule has 0 aromatic heterocycles. The first-order valence-corrected chi connectivity index (χ1v) is 7.83. The fourth-order valence-corrected chi connectivity index (χ4v) is 3.30. The zero-order valence-corrected chi connectivity index (χ0v) is 12.8. The molecular weight excluding hydrogens is 293 g/mol. The Hall–Kier alpha value is -1.03. The molecule has 2 N–H and O–H groups in total. The van der Waals surface area contributed by atoms with Crippen molar-refractivity contribution in [1.82, 2.24) is 0 Å². The van der Waals surface area contributed by atoms with Gasteiger partial charge in [-0.3, -0.25) is 0 Å². The van der Waals surface area contributed by atoms with Crippen molar-refractivity contribution in [2.24, 2.45) is 5.73 Å². The summed E-state index contributed by atoms with van der Waals surface area (Å²) in [5.74, 6) is 0.541. The van der Waals surface area contributed by atoms with Crippen LogP contribution in [0.5, 0.6) is 0 Å². The van der Waals surface area contributed by atoms with Gasteiger partial charge in [-0.1, -0.05) is 29.8 Å². The van der Waals surface area contributed by atoms with Crippen LogP contribution in [0.25, 0.3) is 0 Å². The minimum Gasteiger partial charge on any atom is -0.328 e. The van der Waals surface area contributed by atoms with Crippen LogP contribution in [0, 0.1) is 5.82 Å². The third kappa shape index (κ3) is 4.23. The fraction of sp³-hybridized carbons (Fsp3) is 0.250. The van der Waals surface area contributed by atoms with Crippen LogP contribution < -0.4 is 5.73 Å². The SMILES string of the molecule is CC(N)Cc1cc(F)ccc1SCc1ccccc1Cl. The minimum absolute atomic E-state index is 0.0106.